The summed E-state index contributed by atoms with van der Waals surface area (Å²) in [6, 6.07) is 3.29. The number of benzene rings is 1. The summed E-state index contributed by atoms with van der Waals surface area (Å²) < 4.78 is 16.3. The molecule has 0 unspecified atom stereocenters. The number of thiocarbonyl (C=S) groups is 1. The summed E-state index contributed by atoms with van der Waals surface area (Å²) in [5.41, 5.74) is 0.470. The molecule has 0 saturated carbocycles. The number of carbonyl (C=O) groups excluding carboxylic acids is 3. The Hall–Kier alpha value is -2.47. The van der Waals surface area contributed by atoms with Crippen molar-refractivity contribution in [2.24, 2.45) is 0 Å². The van der Waals surface area contributed by atoms with Crippen LogP contribution in [0.3, 0.4) is 0 Å². The van der Waals surface area contributed by atoms with Gasteiger partial charge in [-0.2, -0.15) is 0 Å². The number of rotatable bonds is 8. The second-order valence-electron chi connectivity index (χ2n) is 5.65. The van der Waals surface area contributed by atoms with Crippen LogP contribution in [0.2, 0.25) is 0 Å². The van der Waals surface area contributed by atoms with E-state index in [0.29, 0.717) is 20.6 Å². The lowest BCUT2D eigenvalue weighted by atomic mass is 10.1. The van der Waals surface area contributed by atoms with Gasteiger partial charge < -0.3 is 14.2 Å². The Morgan fingerprint density at radius 2 is 2.10 bits per heavy atom. The predicted octanol–water partition coefficient (Wildman–Crippen LogP) is 2.05. The Kier molecular flexibility index (Phi) is 8.14. The monoisotopic (exact) mass is 530 g/mol. The van der Waals surface area contributed by atoms with Crippen LogP contribution in [0.5, 0.6) is 11.5 Å². The van der Waals surface area contributed by atoms with Gasteiger partial charge in [0.1, 0.15) is 5.57 Å². The molecule has 1 aromatic carbocycles. The SMILES string of the molecule is C=CCN1C(=O)/C(=C/c2cc(I)c(OCC(=O)OCC)c(OC)c2)C(=O)NC1=S. The molecule has 1 heterocycles. The van der Waals surface area contributed by atoms with E-state index in [1.807, 2.05) is 22.6 Å². The number of methoxy groups -OCH3 is 1. The summed E-state index contributed by atoms with van der Waals surface area (Å²) in [4.78, 5) is 37.7. The van der Waals surface area contributed by atoms with E-state index in [0.717, 1.165) is 0 Å². The summed E-state index contributed by atoms with van der Waals surface area (Å²) in [6.07, 6.45) is 2.95. The zero-order valence-corrected chi connectivity index (χ0v) is 18.8. The van der Waals surface area contributed by atoms with E-state index in [-0.39, 0.29) is 30.4 Å². The Morgan fingerprint density at radius 3 is 2.72 bits per heavy atom. The molecule has 1 N–H and O–H groups in total. The van der Waals surface area contributed by atoms with E-state index >= 15 is 0 Å². The van der Waals surface area contributed by atoms with Crippen molar-refractivity contribution >= 4 is 63.8 Å². The van der Waals surface area contributed by atoms with Gasteiger partial charge in [0, 0.05) is 6.54 Å². The van der Waals surface area contributed by atoms with Gasteiger partial charge >= 0.3 is 5.97 Å². The van der Waals surface area contributed by atoms with Crippen LogP contribution >= 0.6 is 34.8 Å². The molecule has 29 heavy (non-hydrogen) atoms. The van der Waals surface area contributed by atoms with Crippen molar-refractivity contribution in [3.8, 4) is 11.5 Å². The second kappa shape index (κ2) is 10.3. The third-order valence-corrected chi connectivity index (χ3v) is 4.82. The van der Waals surface area contributed by atoms with Gasteiger partial charge in [-0.05, 0) is 65.5 Å². The number of hydrogen-bond donors (Lipinski definition) is 1. The molecule has 0 atom stereocenters. The van der Waals surface area contributed by atoms with Crippen LogP contribution in [0.1, 0.15) is 12.5 Å². The fraction of sp³-hybridized carbons (Fsp3) is 0.263. The highest BCUT2D eigenvalue weighted by Crippen LogP contribution is 2.35. The molecule has 1 saturated heterocycles. The molecule has 2 amide bonds. The summed E-state index contributed by atoms with van der Waals surface area (Å²) in [7, 11) is 1.45. The lowest BCUT2D eigenvalue weighted by molar-refractivity contribution is -0.145. The van der Waals surface area contributed by atoms with Crippen molar-refractivity contribution in [2.45, 2.75) is 6.92 Å². The lowest BCUT2D eigenvalue weighted by Crippen LogP contribution is -2.53. The first-order valence-electron chi connectivity index (χ1n) is 8.48. The molecule has 1 aliphatic heterocycles. The molecule has 2 rings (SSSR count). The molecule has 0 radical (unpaired) electrons. The van der Waals surface area contributed by atoms with Crippen LogP contribution in [-0.4, -0.2) is 54.7 Å². The van der Waals surface area contributed by atoms with Crippen molar-refractivity contribution in [2.75, 3.05) is 26.9 Å². The summed E-state index contributed by atoms with van der Waals surface area (Å²) in [6.45, 7) is 5.46. The number of amides is 2. The number of nitrogens with zero attached hydrogens (tertiary/aromatic N) is 1. The molecule has 0 aromatic heterocycles. The molecule has 1 fully saturated rings. The Morgan fingerprint density at radius 1 is 1.38 bits per heavy atom. The topological polar surface area (TPSA) is 94.2 Å². The number of carbonyl (C=O) groups is 3. The molecule has 0 spiro atoms. The number of halogens is 1. The summed E-state index contributed by atoms with van der Waals surface area (Å²) >= 11 is 7.05. The summed E-state index contributed by atoms with van der Waals surface area (Å²) in [5, 5.41) is 2.52. The molecule has 154 valence electrons. The first-order valence-corrected chi connectivity index (χ1v) is 9.96. The molecule has 1 aromatic rings. The minimum absolute atomic E-state index is 0.0342. The third kappa shape index (κ3) is 5.54. The highest BCUT2D eigenvalue weighted by molar-refractivity contribution is 14.1. The molecule has 0 bridgehead atoms. The fourth-order valence-electron chi connectivity index (χ4n) is 2.45. The Bertz CT molecular complexity index is 899. The van der Waals surface area contributed by atoms with Crippen molar-refractivity contribution in [3.05, 3.63) is 39.5 Å². The van der Waals surface area contributed by atoms with Crippen LogP contribution in [0, 0.1) is 3.57 Å². The first-order chi connectivity index (χ1) is 13.8. The number of hydrogen-bond acceptors (Lipinski definition) is 7. The van der Waals surface area contributed by atoms with Gasteiger partial charge in [0.2, 0.25) is 0 Å². The van der Waals surface area contributed by atoms with E-state index in [1.54, 1.807) is 19.1 Å². The maximum absolute atomic E-state index is 12.6. The Balaban J connectivity index is 2.35. The van der Waals surface area contributed by atoms with Gasteiger partial charge in [-0.3, -0.25) is 19.8 Å². The standard InChI is InChI=1S/C19H19IN2O6S/c1-4-6-22-18(25)12(17(24)21-19(22)29)7-11-8-13(20)16(14(9-11)26-3)28-10-15(23)27-5-2/h4,7-9H,1,5-6,10H2,2-3H3,(H,21,24,29)/b12-7+. The van der Waals surface area contributed by atoms with Crippen molar-refractivity contribution < 1.29 is 28.6 Å². The fourth-order valence-corrected chi connectivity index (χ4v) is 3.48. The maximum atomic E-state index is 12.6. The van der Waals surface area contributed by atoms with E-state index in [1.165, 1.54) is 24.2 Å². The number of nitrogens with one attached hydrogen (secondary N) is 1. The van der Waals surface area contributed by atoms with E-state index in [4.69, 9.17) is 26.4 Å². The van der Waals surface area contributed by atoms with Crippen LogP contribution in [0.25, 0.3) is 6.08 Å². The van der Waals surface area contributed by atoms with E-state index in [9.17, 15) is 14.4 Å². The van der Waals surface area contributed by atoms with Crippen molar-refractivity contribution in [3.63, 3.8) is 0 Å². The van der Waals surface area contributed by atoms with Crippen LogP contribution in [0.15, 0.2) is 30.4 Å². The predicted molar refractivity (Wildman–Crippen MR) is 118 cm³/mol. The van der Waals surface area contributed by atoms with Crippen LogP contribution in [0.4, 0.5) is 0 Å². The van der Waals surface area contributed by atoms with Gasteiger partial charge in [-0.15, -0.1) is 6.58 Å². The van der Waals surface area contributed by atoms with Crippen molar-refractivity contribution in [1.82, 2.24) is 10.2 Å². The van der Waals surface area contributed by atoms with Gasteiger partial charge in [-0.1, -0.05) is 6.08 Å². The minimum atomic E-state index is -0.586. The average Bonchev–Trinajstić information content (AvgIpc) is 2.67. The summed E-state index contributed by atoms with van der Waals surface area (Å²) in [5.74, 6) is -0.904. The van der Waals surface area contributed by atoms with Gasteiger partial charge in [0.25, 0.3) is 11.8 Å². The molecule has 8 nitrogen and oxygen atoms in total. The number of ether oxygens (including phenoxy) is 3. The normalized spacial score (nSPS) is 15.2. The van der Waals surface area contributed by atoms with Crippen LogP contribution in [-0.2, 0) is 19.1 Å². The maximum Gasteiger partial charge on any atom is 0.344 e. The van der Waals surface area contributed by atoms with E-state index in [2.05, 4.69) is 11.9 Å². The van der Waals surface area contributed by atoms with Crippen LogP contribution < -0.4 is 14.8 Å². The highest BCUT2D eigenvalue weighted by atomic mass is 127. The molecule has 1 aliphatic rings. The largest absolute Gasteiger partial charge is 0.493 e. The first kappa shape index (κ1) is 22.8. The molecular weight excluding hydrogens is 511 g/mol. The molecule has 0 aliphatic carbocycles. The molecule has 10 heteroatoms. The van der Waals surface area contributed by atoms with Crippen molar-refractivity contribution in [1.29, 1.82) is 0 Å². The quantitative estimate of drug-likeness (QED) is 0.137. The zero-order chi connectivity index (χ0) is 21.6. The zero-order valence-electron chi connectivity index (χ0n) is 15.8. The highest BCUT2D eigenvalue weighted by Gasteiger charge is 2.32. The second-order valence-corrected chi connectivity index (χ2v) is 7.20. The van der Waals surface area contributed by atoms with Gasteiger partial charge in [0.15, 0.2) is 23.2 Å². The van der Waals surface area contributed by atoms with Gasteiger partial charge in [0.05, 0.1) is 17.3 Å². The number of esters is 1. The minimum Gasteiger partial charge on any atom is -0.493 e. The lowest BCUT2D eigenvalue weighted by Gasteiger charge is -2.27. The molecular formula is C19H19IN2O6S. The van der Waals surface area contributed by atoms with Gasteiger partial charge in [-0.25, -0.2) is 4.79 Å². The smallest absolute Gasteiger partial charge is 0.344 e. The van der Waals surface area contributed by atoms with E-state index < -0.39 is 17.8 Å². The average molecular weight is 530 g/mol. The Labute approximate surface area is 187 Å². The third-order valence-electron chi connectivity index (χ3n) is 3.70.